The van der Waals surface area contributed by atoms with Gasteiger partial charge in [-0.15, -0.1) is 0 Å². The molecule has 0 saturated carbocycles. The van der Waals surface area contributed by atoms with Crippen LogP contribution in [0.25, 0.3) is 6.08 Å². The van der Waals surface area contributed by atoms with E-state index in [4.69, 9.17) is 12.2 Å². The Hall–Kier alpha value is -3.25. The van der Waals surface area contributed by atoms with Gasteiger partial charge in [0.15, 0.2) is 5.11 Å². The van der Waals surface area contributed by atoms with Crippen molar-refractivity contribution < 1.29 is 9.59 Å². The average molecular weight is 420 g/mol. The number of thiocarbonyl (C=S) groups is 1. The van der Waals surface area contributed by atoms with Crippen LogP contribution in [0.15, 0.2) is 66.3 Å². The van der Waals surface area contributed by atoms with Gasteiger partial charge in [-0.2, -0.15) is 0 Å². The quantitative estimate of drug-likeness (QED) is 0.447. The minimum absolute atomic E-state index is 0.0395. The van der Waals surface area contributed by atoms with Crippen molar-refractivity contribution in [1.29, 1.82) is 0 Å². The minimum Gasteiger partial charge on any atom is -0.378 e. The minimum atomic E-state index is -0.493. The summed E-state index contributed by atoms with van der Waals surface area (Å²) in [5, 5.41) is 2.69. The molecule has 1 saturated heterocycles. The molecule has 0 spiro atoms. The molecular formula is C24H25N3O2S. The molecule has 1 heterocycles. The van der Waals surface area contributed by atoms with E-state index in [0.717, 1.165) is 16.8 Å². The van der Waals surface area contributed by atoms with Crippen LogP contribution in [-0.2, 0) is 9.59 Å². The third-order valence-corrected chi connectivity index (χ3v) is 5.17. The summed E-state index contributed by atoms with van der Waals surface area (Å²) >= 11 is 5.25. The molecule has 0 radical (unpaired) electrons. The van der Waals surface area contributed by atoms with Crippen molar-refractivity contribution in [3.8, 4) is 0 Å². The highest BCUT2D eigenvalue weighted by Crippen LogP contribution is 2.24. The maximum Gasteiger partial charge on any atom is 0.270 e. The first-order valence-corrected chi connectivity index (χ1v) is 10.1. The third-order valence-electron chi connectivity index (χ3n) is 4.88. The van der Waals surface area contributed by atoms with E-state index in [1.54, 1.807) is 6.08 Å². The van der Waals surface area contributed by atoms with E-state index in [9.17, 15) is 9.59 Å². The lowest BCUT2D eigenvalue weighted by atomic mass is 10.0. The fourth-order valence-electron chi connectivity index (χ4n) is 3.06. The monoisotopic (exact) mass is 419 g/mol. The van der Waals surface area contributed by atoms with E-state index in [1.165, 1.54) is 11.0 Å². The summed E-state index contributed by atoms with van der Waals surface area (Å²) in [6, 6.07) is 15.6. The van der Waals surface area contributed by atoms with Crippen LogP contribution in [0.1, 0.15) is 30.9 Å². The van der Waals surface area contributed by atoms with Gasteiger partial charge in [-0.3, -0.25) is 19.8 Å². The topological polar surface area (TPSA) is 52.7 Å². The molecule has 0 aromatic heterocycles. The first-order valence-electron chi connectivity index (χ1n) is 9.73. The molecular weight excluding hydrogens is 394 g/mol. The summed E-state index contributed by atoms with van der Waals surface area (Å²) in [6.45, 7) is 4.21. The zero-order valence-corrected chi connectivity index (χ0v) is 18.4. The average Bonchev–Trinajstić information content (AvgIpc) is 2.71. The lowest BCUT2D eigenvalue weighted by Crippen LogP contribution is -2.54. The smallest absolute Gasteiger partial charge is 0.270 e. The SMILES string of the molecule is CC(C)c1ccc(N2C(=O)/C(=C/C=C/c3ccc(N(C)C)cc3)C(=O)NC2=S)cc1. The summed E-state index contributed by atoms with van der Waals surface area (Å²) in [5.41, 5.74) is 3.90. The van der Waals surface area contributed by atoms with Gasteiger partial charge in [0.05, 0.1) is 5.69 Å². The second kappa shape index (κ2) is 9.05. The Labute approximate surface area is 182 Å². The van der Waals surface area contributed by atoms with Crippen LogP contribution in [0.4, 0.5) is 11.4 Å². The summed E-state index contributed by atoms with van der Waals surface area (Å²) in [7, 11) is 3.96. The molecule has 0 bridgehead atoms. The van der Waals surface area contributed by atoms with Crippen LogP contribution in [0.3, 0.4) is 0 Å². The fourth-order valence-corrected chi connectivity index (χ4v) is 3.34. The number of nitrogens with one attached hydrogen (secondary N) is 1. The second-order valence-corrected chi connectivity index (χ2v) is 7.96. The number of carbonyl (C=O) groups excluding carboxylic acids is 2. The van der Waals surface area contributed by atoms with Gasteiger partial charge in [-0.05, 0) is 59.6 Å². The van der Waals surface area contributed by atoms with E-state index in [2.05, 4.69) is 19.2 Å². The molecule has 30 heavy (non-hydrogen) atoms. The van der Waals surface area contributed by atoms with Gasteiger partial charge < -0.3 is 4.90 Å². The van der Waals surface area contributed by atoms with E-state index < -0.39 is 11.8 Å². The van der Waals surface area contributed by atoms with Crippen molar-refractivity contribution in [2.45, 2.75) is 19.8 Å². The zero-order valence-electron chi connectivity index (χ0n) is 17.5. The molecule has 2 aromatic rings. The van der Waals surface area contributed by atoms with Crippen LogP contribution in [-0.4, -0.2) is 31.0 Å². The summed E-state index contributed by atoms with van der Waals surface area (Å²) in [6.07, 6.45) is 5.07. The summed E-state index contributed by atoms with van der Waals surface area (Å²) in [4.78, 5) is 28.7. The van der Waals surface area contributed by atoms with Gasteiger partial charge in [0, 0.05) is 19.8 Å². The maximum atomic E-state index is 13.0. The standard InChI is InChI=1S/C24H25N3O2S/c1-16(2)18-10-14-20(15-11-18)27-23(29)21(22(28)25-24(27)30)7-5-6-17-8-12-19(13-9-17)26(3)4/h5-16H,1-4H3,(H,25,28,30)/b6-5+,21-7+. The lowest BCUT2D eigenvalue weighted by molar-refractivity contribution is -0.122. The molecule has 5 nitrogen and oxygen atoms in total. The summed E-state index contributed by atoms with van der Waals surface area (Å²) < 4.78 is 0. The zero-order chi connectivity index (χ0) is 21.8. The second-order valence-electron chi connectivity index (χ2n) is 7.57. The first kappa shape index (κ1) is 21.5. The molecule has 6 heteroatoms. The number of benzene rings is 2. The summed E-state index contributed by atoms with van der Waals surface area (Å²) in [5.74, 6) is -0.545. The van der Waals surface area contributed by atoms with Gasteiger partial charge in [-0.1, -0.05) is 50.3 Å². The number of amides is 2. The molecule has 2 amide bonds. The first-order chi connectivity index (χ1) is 14.3. The molecule has 1 fully saturated rings. The number of rotatable bonds is 5. The predicted molar refractivity (Wildman–Crippen MR) is 127 cm³/mol. The van der Waals surface area contributed by atoms with Crippen molar-refractivity contribution in [1.82, 2.24) is 5.32 Å². The van der Waals surface area contributed by atoms with E-state index in [1.807, 2.05) is 73.6 Å². The molecule has 1 N–H and O–H groups in total. The molecule has 2 aromatic carbocycles. The van der Waals surface area contributed by atoms with Crippen LogP contribution >= 0.6 is 12.2 Å². The van der Waals surface area contributed by atoms with Crippen molar-refractivity contribution in [3.05, 3.63) is 77.4 Å². The third kappa shape index (κ3) is 4.66. The van der Waals surface area contributed by atoms with Crippen molar-refractivity contribution in [2.24, 2.45) is 0 Å². The van der Waals surface area contributed by atoms with Gasteiger partial charge in [0.1, 0.15) is 5.57 Å². The number of nitrogens with zero attached hydrogens (tertiary/aromatic N) is 2. The Morgan fingerprint density at radius 3 is 2.20 bits per heavy atom. The number of hydrogen-bond acceptors (Lipinski definition) is 4. The Balaban J connectivity index is 1.82. The lowest BCUT2D eigenvalue weighted by Gasteiger charge is -2.29. The number of hydrogen-bond donors (Lipinski definition) is 1. The number of anilines is 2. The van der Waals surface area contributed by atoms with Gasteiger partial charge in [0.25, 0.3) is 11.8 Å². The van der Waals surface area contributed by atoms with Gasteiger partial charge >= 0.3 is 0 Å². The normalized spacial score (nSPS) is 16.0. The molecule has 0 aliphatic carbocycles. The molecule has 3 rings (SSSR count). The van der Waals surface area contributed by atoms with Gasteiger partial charge in [-0.25, -0.2) is 0 Å². The van der Waals surface area contributed by atoms with E-state index >= 15 is 0 Å². The number of carbonyl (C=O) groups is 2. The Kier molecular flexibility index (Phi) is 6.47. The number of allylic oxidation sites excluding steroid dienone is 2. The Morgan fingerprint density at radius 1 is 1.00 bits per heavy atom. The highest BCUT2D eigenvalue weighted by atomic mass is 32.1. The Bertz CT molecular complexity index is 1020. The molecule has 1 aliphatic rings. The molecule has 0 atom stereocenters. The van der Waals surface area contributed by atoms with Crippen LogP contribution in [0.5, 0.6) is 0 Å². The van der Waals surface area contributed by atoms with Gasteiger partial charge in [0.2, 0.25) is 0 Å². The predicted octanol–water partition coefficient (Wildman–Crippen LogP) is 4.26. The largest absolute Gasteiger partial charge is 0.378 e. The Morgan fingerprint density at radius 2 is 1.63 bits per heavy atom. The maximum absolute atomic E-state index is 13.0. The van der Waals surface area contributed by atoms with Crippen LogP contribution in [0, 0.1) is 0 Å². The molecule has 1 aliphatic heterocycles. The van der Waals surface area contributed by atoms with E-state index in [-0.39, 0.29) is 10.7 Å². The highest BCUT2D eigenvalue weighted by Gasteiger charge is 2.34. The van der Waals surface area contributed by atoms with Crippen molar-refractivity contribution in [3.63, 3.8) is 0 Å². The molecule has 154 valence electrons. The van der Waals surface area contributed by atoms with Crippen LogP contribution < -0.4 is 15.1 Å². The van der Waals surface area contributed by atoms with Crippen LogP contribution in [0.2, 0.25) is 0 Å². The molecule has 0 unspecified atom stereocenters. The highest BCUT2D eigenvalue weighted by molar-refractivity contribution is 7.80. The van der Waals surface area contributed by atoms with Crippen molar-refractivity contribution in [2.75, 3.05) is 23.9 Å². The van der Waals surface area contributed by atoms with Crippen molar-refractivity contribution >= 4 is 46.6 Å². The fraction of sp³-hybridized carbons (Fsp3) is 0.208. The van der Waals surface area contributed by atoms with E-state index in [0.29, 0.717) is 11.6 Å².